The quantitative estimate of drug-likeness (QED) is 0.453. The molecule has 2 aromatic heterocycles. The predicted molar refractivity (Wildman–Crippen MR) is 132 cm³/mol. The van der Waals surface area contributed by atoms with E-state index >= 15 is 0 Å². The number of aromatic nitrogens is 4. The minimum absolute atomic E-state index is 0.141. The van der Waals surface area contributed by atoms with E-state index < -0.39 is 0 Å². The van der Waals surface area contributed by atoms with Crippen LogP contribution in [0.2, 0.25) is 5.02 Å². The molecule has 2 saturated heterocycles. The van der Waals surface area contributed by atoms with E-state index in [0.29, 0.717) is 16.4 Å². The van der Waals surface area contributed by atoms with Gasteiger partial charge >= 0.3 is 0 Å². The lowest BCUT2D eigenvalue weighted by molar-refractivity contribution is 0.0983. The fourth-order valence-electron chi connectivity index (χ4n) is 4.68. The van der Waals surface area contributed by atoms with Crippen molar-refractivity contribution in [2.45, 2.75) is 36.1 Å². The summed E-state index contributed by atoms with van der Waals surface area (Å²) in [6.45, 7) is 6.01. The number of halogens is 1. The largest absolute Gasteiger partial charge is 0.381 e. The number of rotatable bonds is 6. The van der Waals surface area contributed by atoms with Gasteiger partial charge in [0.15, 0.2) is 5.82 Å². The molecule has 3 aromatic rings. The first kappa shape index (κ1) is 23.2. The SMILES string of the molecule is C[C@@H]1COCC12CCN(c1cnc(Sc3cccc(CC(=O)c4ncccn4)c3Cl)cn1)CC2. The first-order valence-corrected chi connectivity index (χ1v) is 12.6. The van der Waals surface area contributed by atoms with Crippen molar-refractivity contribution in [2.75, 3.05) is 31.2 Å². The summed E-state index contributed by atoms with van der Waals surface area (Å²) in [5.74, 6) is 1.54. The third-order valence-electron chi connectivity index (χ3n) is 6.92. The van der Waals surface area contributed by atoms with Crippen molar-refractivity contribution in [1.29, 1.82) is 0 Å². The van der Waals surface area contributed by atoms with Crippen LogP contribution >= 0.6 is 23.4 Å². The van der Waals surface area contributed by atoms with Crippen LogP contribution in [0.3, 0.4) is 0 Å². The predicted octanol–water partition coefficient (Wildman–Crippen LogP) is 4.75. The van der Waals surface area contributed by atoms with Gasteiger partial charge in [0.2, 0.25) is 5.78 Å². The maximum Gasteiger partial charge on any atom is 0.204 e. The molecular weight excluding hydrogens is 470 g/mol. The molecule has 0 saturated carbocycles. The zero-order valence-corrected chi connectivity index (χ0v) is 20.6. The van der Waals surface area contributed by atoms with Crippen molar-refractivity contribution in [3.05, 3.63) is 65.5 Å². The summed E-state index contributed by atoms with van der Waals surface area (Å²) in [5.41, 5.74) is 1.07. The van der Waals surface area contributed by atoms with E-state index in [9.17, 15) is 4.79 Å². The van der Waals surface area contributed by atoms with Gasteiger partial charge in [0.25, 0.3) is 0 Å². The van der Waals surface area contributed by atoms with Crippen LogP contribution in [-0.2, 0) is 11.2 Å². The number of piperidine rings is 1. The molecule has 1 atom stereocenters. The van der Waals surface area contributed by atoms with E-state index in [-0.39, 0.29) is 18.0 Å². The summed E-state index contributed by atoms with van der Waals surface area (Å²) in [4.78, 5) is 33.0. The number of hydrogen-bond donors (Lipinski definition) is 0. The van der Waals surface area contributed by atoms with Crippen LogP contribution in [0.15, 0.2) is 59.0 Å². The molecule has 34 heavy (non-hydrogen) atoms. The molecule has 7 nitrogen and oxygen atoms in total. The summed E-state index contributed by atoms with van der Waals surface area (Å²) in [7, 11) is 0. The van der Waals surface area contributed by atoms with Gasteiger partial charge < -0.3 is 9.64 Å². The highest BCUT2D eigenvalue weighted by molar-refractivity contribution is 7.99. The highest BCUT2D eigenvalue weighted by Crippen LogP contribution is 2.44. The number of anilines is 1. The summed E-state index contributed by atoms with van der Waals surface area (Å²) in [6, 6.07) is 7.34. The standard InChI is InChI=1S/C25H26ClN5O2S/c1-17-15-33-16-25(17)6-10-31(11-7-25)21-13-30-22(14-29-21)34-20-5-2-4-18(23(20)26)12-19(32)24-27-8-3-9-28-24/h2-5,8-9,13-14,17H,6-7,10-12,15-16H2,1H3/t17-/m1/s1. The average molecular weight is 496 g/mol. The molecule has 0 aliphatic carbocycles. The molecule has 1 aromatic carbocycles. The number of carbonyl (C=O) groups excluding carboxylic acids is 1. The van der Waals surface area contributed by atoms with Gasteiger partial charge in [-0.15, -0.1) is 0 Å². The number of ketones is 1. The lowest BCUT2D eigenvalue weighted by Crippen LogP contribution is -2.43. The monoisotopic (exact) mass is 495 g/mol. The molecule has 0 radical (unpaired) electrons. The summed E-state index contributed by atoms with van der Waals surface area (Å²) in [5, 5.41) is 1.30. The Morgan fingerprint density at radius 3 is 2.62 bits per heavy atom. The number of hydrogen-bond acceptors (Lipinski definition) is 8. The van der Waals surface area contributed by atoms with E-state index in [4.69, 9.17) is 16.3 Å². The Morgan fingerprint density at radius 1 is 1.15 bits per heavy atom. The van der Waals surface area contributed by atoms with Gasteiger partial charge in [-0.05, 0) is 36.5 Å². The maximum absolute atomic E-state index is 12.5. The Kier molecular flexibility index (Phi) is 6.81. The number of nitrogens with zero attached hydrogens (tertiary/aromatic N) is 5. The molecule has 2 aliphatic rings. The number of carbonyl (C=O) groups is 1. The van der Waals surface area contributed by atoms with E-state index in [1.165, 1.54) is 11.8 Å². The molecule has 2 fully saturated rings. The van der Waals surface area contributed by atoms with Crippen molar-refractivity contribution in [1.82, 2.24) is 19.9 Å². The van der Waals surface area contributed by atoms with Gasteiger partial charge in [0, 0.05) is 48.8 Å². The minimum atomic E-state index is -0.171. The van der Waals surface area contributed by atoms with Gasteiger partial charge in [0.05, 0.1) is 24.0 Å². The molecule has 0 N–H and O–H groups in total. The molecule has 1 spiro atoms. The molecule has 2 aliphatic heterocycles. The second kappa shape index (κ2) is 9.98. The first-order chi connectivity index (χ1) is 16.5. The molecule has 0 bridgehead atoms. The van der Waals surface area contributed by atoms with Crippen LogP contribution in [0.1, 0.15) is 35.9 Å². The fraction of sp³-hybridized carbons (Fsp3) is 0.400. The Bertz CT molecular complexity index is 1150. The van der Waals surface area contributed by atoms with Crippen LogP contribution in [-0.4, -0.2) is 52.0 Å². The number of Topliss-reactive ketones (excluding diaryl/α,β-unsaturated/α-hetero) is 1. The molecule has 5 rings (SSSR count). The lowest BCUT2D eigenvalue weighted by atomic mass is 9.72. The molecule has 176 valence electrons. The van der Waals surface area contributed by atoms with Gasteiger partial charge in [-0.25, -0.2) is 19.9 Å². The van der Waals surface area contributed by atoms with E-state index in [0.717, 1.165) is 60.4 Å². The fourth-order valence-corrected chi connectivity index (χ4v) is 5.79. The first-order valence-electron chi connectivity index (χ1n) is 11.4. The van der Waals surface area contributed by atoms with Crippen LogP contribution < -0.4 is 4.90 Å². The van der Waals surface area contributed by atoms with Crippen molar-refractivity contribution >= 4 is 35.0 Å². The Hall–Kier alpha value is -2.55. The topological polar surface area (TPSA) is 81.1 Å². The average Bonchev–Trinajstić information content (AvgIpc) is 3.22. The molecule has 4 heterocycles. The van der Waals surface area contributed by atoms with E-state index in [1.807, 2.05) is 24.4 Å². The third kappa shape index (κ3) is 4.80. The van der Waals surface area contributed by atoms with Gasteiger partial charge in [-0.1, -0.05) is 42.4 Å². The van der Waals surface area contributed by atoms with Gasteiger partial charge in [0.1, 0.15) is 10.8 Å². The maximum atomic E-state index is 12.5. The lowest BCUT2D eigenvalue weighted by Gasteiger charge is -2.41. The normalized spacial score (nSPS) is 19.5. The second-order valence-corrected chi connectivity index (χ2v) is 10.4. The smallest absolute Gasteiger partial charge is 0.204 e. The van der Waals surface area contributed by atoms with Crippen molar-refractivity contribution in [2.24, 2.45) is 11.3 Å². The van der Waals surface area contributed by atoms with Crippen LogP contribution in [0, 0.1) is 11.3 Å². The number of ether oxygens (including phenoxy) is 1. The number of benzene rings is 1. The zero-order chi connectivity index (χ0) is 23.5. The minimum Gasteiger partial charge on any atom is -0.381 e. The highest BCUT2D eigenvalue weighted by atomic mass is 35.5. The summed E-state index contributed by atoms with van der Waals surface area (Å²) in [6.07, 6.45) is 9.13. The van der Waals surface area contributed by atoms with Crippen LogP contribution in [0.25, 0.3) is 0 Å². The molecule has 0 amide bonds. The highest BCUT2D eigenvalue weighted by Gasteiger charge is 2.43. The van der Waals surface area contributed by atoms with Crippen LogP contribution in [0.4, 0.5) is 5.82 Å². The molecule has 9 heteroatoms. The third-order valence-corrected chi connectivity index (χ3v) is 8.46. The Labute approximate surface area is 208 Å². The second-order valence-electron chi connectivity index (χ2n) is 8.98. The van der Waals surface area contributed by atoms with E-state index in [1.54, 1.807) is 24.7 Å². The zero-order valence-electron chi connectivity index (χ0n) is 19.0. The van der Waals surface area contributed by atoms with E-state index in [2.05, 4.69) is 31.8 Å². The molecule has 0 unspecified atom stereocenters. The van der Waals surface area contributed by atoms with Crippen LogP contribution in [0.5, 0.6) is 0 Å². The summed E-state index contributed by atoms with van der Waals surface area (Å²) < 4.78 is 5.74. The Balaban J connectivity index is 1.23. The summed E-state index contributed by atoms with van der Waals surface area (Å²) >= 11 is 8.07. The van der Waals surface area contributed by atoms with Gasteiger partial charge in [-0.2, -0.15) is 0 Å². The van der Waals surface area contributed by atoms with Gasteiger partial charge in [-0.3, -0.25) is 4.79 Å². The van der Waals surface area contributed by atoms with Crippen molar-refractivity contribution < 1.29 is 9.53 Å². The molecular formula is C25H26ClN5O2S. The Morgan fingerprint density at radius 2 is 1.94 bits per heavy atom. The van der Waals surface area contributed by atoms with Crippen molar-refractivity contribution in [3.63, 3.8) is 0 Å². The van der Waals surface area contributed by atoms with Crippen molar-refractivity contribution in [3.8, 4) is 0 Å².